The van der Waals surface area contributed by atoms with Crippen LogP contribution in [0.15, 0.2) is 11.6 Å². The van der Waals surface area contributed by atoms with Crippen molar-refractivity contribution in [1.29, 1.82) is 0 Å². The van der Waals surface area contributed by atoms with Crippen molar-refractivity contribution in [1.82, 2.24) is 0 Å². The Balaban J connectivity index is 1.94. The Labute approximate surface area is 94.5 Å². The number of hydrogen-bond donors (Lipinski definition) is 0. The van der Waals surface area contributed by atoms with Gasteiger partial charge in [0.1, 0.15) is 0 Å². The van der Waals surface area contributed by atoms with Crippen LogP contribution in [0.3, 0.4) is 0 Å². The molecule has 0 aromatic heterocycles. The molecule has 0 N–H and O–H groups in total. The first-order valence-corrected chi connectivity index (χ1v) is 5.81. The fraction of sp³-hybridized carbons (Fsp3) is 0.750. The number of rotatable bonds is 1. The maximum absolute atomic E-state index is 11.7. The zero-order chi connectivity index (χ0) is 11.2. The SMILES string of the molecule is COC(=O)C1=CCC12CCCC21OCCO1. The third kappa shape index (κ3) is 1.04. The average Bonchev–Trinajstić information content (AvgIpc) is 2.87. The molecular weight excluding hydrogens is 208 g/mol. The molecule has 3 aliphatic rings. The Morgan fingerprint density at radius 3 is 2.69 bits per heavy atom. The molecule has 0 bridgehead atoms. The second kappa shape index (κ2) is 3.31. The summed E-state index contributed by atoms with van der Waals surface area (Å²) in [6.45, 7) is 1.27. The lowest BCUT2D eigenvalue weighted by Gasteiger charge is -2.47. The van der Waals surface area contributed by atoms with Gasteiger partial charge in [0.2, 0.25) is 0 Å². The van der Waals surface area contributed by atoms with Crippen LogP contribution < -0.4 is 0 Å². The van der Waals surface area contributed by atoms with Crippen LogP contribution in [0.5, 0.6) is 0 Å². The predicted octanol–water partition coefficient (Wildman–Crippen LogP) is 1.40. The zero-order valence-corrected chi connectivity index (χ0v) is 9.45. The van der Waals surface area contributed by atoms with Crippen LogP contribution in [0, 0.1) is 5.41 Å². The highest BCUT2D eigenvalue weighted by atomic mass is 16.7. The van der Waals surface area contributed by atoms with Crippen molar-refractivity contribution in [2.24, 2.45) is 5.41 Å². The van der Waals surface area contributed by atoms with Crippen LogP contribution in [-0.2, 0) is 19.0 Å². The molecule has 1 heterocycles. The average molecular weight is 224 g/mol. The zero-order valence-electron chi connectivity index (χ0n) is 9.45. The van der Waals surface area contributed by atoms with Gasteiger partial charge in [-0.25, -0.2) is 4.79 Å². The maximum atomic E-state index is 11.7. The lowest BCUT2D eigenvalue weighted by molar-refractivity contribution is -0.216. The van der Waals surface area contributed by atoms with Gasteiger partial charge >= 0.3 is 5.97 Å². The molecule has 1 unspecified atom stereocenters. The van der Waals surface area contributed by atoms with Crippen LogP contribution >= 0.6 is 0 Å². The van der Waals surface area contributed by atoms with Gasteiger partial charge in [-0.15, -0.1) is 0 Å². The number of methoxy groups -OCH3 is 1. The fourth-order valence-electron chi connectivity index (χ4n) is 3.36. The van der Waals surface area contributed by atoms with E-state index in [1.807, 2.05) is 6.08 Å². The van der Waals surface area contributed by atoms with Crippen LogP contribution in [0.4, 0.5) is 0 Å². The van der Waals surface area contributed by atoms with E-state index in [0.717, 1.165) is 31.3 Å². The van der Waals surface area contributed by atoms with E-state index < -0.39 is 5.79 Å². The van der Waals surface area contributed by atoms with Gasteiger partial charge in [0.15, 0.2) is 5.79 Å². The highest BCUT2D eigenvalue weighted by molar-refractivity contribution is 5.92. The Morgan fingerprint density at radius 2 is 2.12 bits per heavy atom. The number of esters is 1. The molecule has 1 saturated heterocycles. The lowest BCUT2D eigenvalue weighted by Crippen LogP contribution is -2.51. The van der Waals surface area contributed by atoms with E-state index in [9.17, 15) is 4.79 Å². The smallest absolute Gasteiger partial charge is 0.334 e. The van der Waals surface area contributed by atoms with E-state index in [4.69, 9.17) is 14.2 Å². The first-order chi connectivity index (χ1) is 7.74. The largest absolute Gasteiger partial charge is 0.466 e. The van der Waals surface area contributed by atoms with Crippen molar-refractivity contribution < 1.29 is 19.0 Å². The third-order valence-corrected chi connectivity index (χ3v) is 4.17. The van der Waals surface area contributed by atoms with Crippen LogP contribution in [0.2, 0.25) is 0 Å². The van der Waals surface area contributed by atoms with Crippen molar-refractivity contribution in [2.75, 3.05) is 20.3 Å². The molecule has 16 heavy (non-hydrogen) atoms. The molecule has 4 heteroatoms. The van der Waals surface area contributed by atoms with Crippen molar-refractivity contribution in [3.8, 4) is 0 Å². The van der Waals surface area contributed by atoms with Gasteiger partial charge < -0.3 is 14.2 Å². The maximum Gasteiger partial charge on any atom is 0.334 e. The molecule has 0 radical (unpaired) electrons. The van der Waals surface area contributed by atoms with Gasteiger partial charge in [0.05, 0.1) is 25.7 Å². The number of fused-ring (bicyclic) bond motifs is 1. The molecule has 1 saturated carbocycles. The lowest BCUT2D eigenvalue weighted by atomic mass is 9.64. The summed E-state index contributed by atoms with van der Waals surface area (Å²) >= 11 is 0. The molecular formula is C12H16O4. The minimum Gasteiger partial charge on any atom is -0.466 e. The van der Waals surface area contributed by atoms with E-state index in [1.54, 1.807) is 0 Å². The topological polar surface area (TPSA) is 44.8 Å². The van der Waals surface area contributed by atoms with E-state index in [1.165, 1.54) is 7.11 Å². The van der Waals surface area contributed by atoms with Crippen molar-refractivity contribution in [3.05, 3.63) is 11.6 Å². The Bertz CT molecular complexity index is 349. The van der Waals surface area contributed by atoms with E-state index >= 15 is 0 Å². The molecule has 2 aliphatic carbocycles. The molecule has 3 rings (SSSR count). The van der Waals surface area contributed by atoms with Gasteiger partial charge in [-0.1, -0.05) is 6.08 Å². The summed E-state index contributed by atoms with van der Waals surface area (Å²) in [5.74, 6) is -0.766. The summed E-state index contributed by atoms with van der Waals surface area (Å²) in [6, 6.07) is 0. The summed E-state index contributed by atoms with van der Waals surface area (Å²) in [5.41, 5.74) is 0.533. The summed E-state index contributed by atoms with van der Waals surface area (Å²) in [5, 5.41) is 0. The number of carbonyl (C=O) groups excluding carboxylic acids is 1. The third-order valence-electron chi connectivity index (χ3n) is 4.17. The summed E-state index contributed by atoms with van der Waals surface area (Å²) < 4.78 is 16.5. The number of hydrogen-bond acceptors (Lipinski definition) is 4. The second-order valence-electron chi connectivity index (χ2n) is 4.70. The Morgan fingerprint density at radius 1 is 1.38 bits per heavy atom. The van der Waals surface area contributed by atoms with Crippen LogP contribution in [0.1, 0.15) is 25.7 Å². The quantitative estimate of drug-likeness (QED) is 0.632. The highest BCUT2D eigenvalue weighted by Crippen LogP contribution is 2.62. The number of allylic oxidation sites excluding steroid dienone is 1. The van der Waals surface area contributed by atoms with Crippen molar-refractivity contribution in [3.63, 3.8) is 0 Å². The summed E-state index contributed by atoms with van der Waals surface area (Å²) in [7, 11) is 1.42. The molecule has 2 spiro atoms. The summed E-state index contributed by atoms with van der Waals surface area (Å²) in [4.78, 5) is 11.7. The van der Waals surface area contributed by atoms with E-state index in [-0.39, 0.29) is 11.4 Å². The number of carbonyl (C=O) groups is 1. The summed E-state index contributed by atoms with van der Waals surface area (Å²) in [6.07, 6.45) is 5.73. The second-order valence-corrected chi connectivity index (χ2v) is 4.70. The molecule has 2 fully saturated rings. The molecule has 88 valence electrons. The van der Waals surface area contributed by atoms with Gasteiger partial charge in [0.25, 0.3) is 0 Å². The van der Waals surface area contributed by atoms with Crippen LogP contribution in [-0.4, -0.2) is 32.1 Å². The Hall–Kier alpha value is -0.870. The Kier molecular flexibility index (Phi) is 2.13. The van der Waals surface area contributed by atoms with Crippen molar-refractivity contribution >= 4 is 5.97 Å². The van der Waals surface area contributed by atoms with E-state index in [0.29, 0.717) is 13.2 Å². The minimum absolute atomic E-state index is 0.226. The highest BCUT2D eigenvalue weighted by Gasteiger charge is 2.64. The first kappa shape index (κ1) is 10.3. The molecule has 1 atom stereocenters. The van der Waals surface area contributed by atoms with E-state index in [2.05, 4.69) is 0 Å². The predicted molar refractivity (Wildman–Crippen MR) is 55.6 cm³/mol. The normalized spacial score (nSPS) is 35.2. The minimum atomic E-state index is -0.536. The van der Waals surface area contributed by atoms with Gasteiger partial charge in [0, 0.05) is 12.0 Å². The molecule has 0 amide bonds. The van der Waals surface area contributed by atoms with Gasteiger partial charge in [-0.05, 0) is 19.3 Å². The van der Waals surface area contributed by atoms with Gasteiger partial charge in [-0.3, -0.25) is 0 Å². The number of ether oxygens (including phenoxy) is 3. The molecule has 0 aromatic carbocycles. The standard InChI is InChI=1S/C12H16O4/c1-14-10(13)9-3-6-11(9)4-2-5-12(11)15-7-8-16-12/h3H,2,4-8H2,1H3. The monoisotopic (exact) mass is 224 g/mol. The van der Waals surface area contributed by atoms with Crippen molar-refractivity contribution in [2.45, 2.75) is 31.5 Å². The fourth-order valence-corrected chi connectivity index (χ4v) is 3.36. The molecule has 1 aliphatic heterocycles. The van der Waals surface area contributed by atoms with Gasteiger partial charge in [-0.2, -0.15) is 0 Å². The first-order valence-electron chi connectivity index (χ1n) is 5.81. The molecule has 4 nitrogen and oxygen atoms in total. The van der Waals surface area contributed by atoms with Crippen LogP contribution in [0.25, 0.3) is 0 Å². The molecule has 0 aromatic rings.